The van der Waals surface area contributed by atoms with Gasteiger partial charge in [-0.25, -0.2) is 13.1 Å². The van der Waals surface area contributed by atoms with Crippen LogP contribution in [0.1, 0.15) is 31.7 Å². The van der Waals surface area contributed by atoms with Crippen LogP contribution in [0, 0.1) is 19.8 Å². The molecule has 0 bridgehead atoms. The summed E-state index contributed by atoms with van der Waals surface area (Å²) in [5, 5.41) is 7.53. The van der Waals surface area contributed by atoms with Crippen LogP contribution >= 0.6 is 0 Å². The molecule has 1 saturated heterocycles. The number of aromatic nitrogens is 2. The van der Waals surface area contributed by atoms with Crippen molar-refractivity contribution in [2.45, 2.75) is 51.6 Å². The van der Waals surface area contributed by atoms with Crippen LogP contribution in [0.2, 0.25) is 0 Å². The highest BCUT2D eigenvalue weighted by molar-refractivity contribution is 7.89. The quantitative estimate of drug-likeness (QED) is 0.843. The van der Waals surface area contributed by atoms with E-state index in [2.05, 4.69) is 29.0 Å². The third kappa shape index (κ3) is 3.21. The first-order valence-corrected chi connectivity index (χ1v) is 8.56. The molecule has 0 aliphatic carbocycles. The van der Waals surface area contributed by atoms with Gasteiger partial charge in [0, 0.05) is 19.1 Å². The van der Waals surface area contributed by atoms with Gasteiger partial charge in [0.25, 0.3) is 0 Å². The molecule has 1 aliphatic heterocycles. The van der Waals surface area contributed by atoms with Gasteiger partial charge in [-0.1, -0.05) is 13.8 Å². The lowest BCUT2D eigenvalue weighted by atomic mass is 10.2. The molecule has 0 saturated carbocycles. The highest BCUT2D eigenvalue weighted by Crippen LogP contribution is 2.21. The lowest BCUT2D eigenvalue weighted by Gasteiger charge is -2.12. The molecule has 1 aliphatic rings. The Morgan fingerprint density at radius 3 is 2.70 bits per heavy atom. The first-order chi connectivity index (χ1) is 9.31. The second-order valence-corrected chi connectivity index (χ2v) is 7.54. The number of aryl methyl sites for hydroxylation is 1. The van der Waals surface area contributed by atoms with E-state index in [1.54, 1.807) is 11.6 Å². The van der Waals surface area contributed by atoms with Gasteiger partial charge >= 0.3 is 0 Å². The van der Waals surface area contributed by atoms with E-state index in [4.69, 9.17) is 0 Å². The standard InChI is InChI=1S/C13H24N4O2S/c1-9(2)8-17-11(4)13(10(3)15-17)20(18,19)16-12-5-6-14-7-12/h9,12,14,16H,5-8H2,1-4H3. The van der Waals surface area contributed by atoms with Gasteiger partial charge in [0.1, 0.15) is 4.90 Å². The van der Waals surface area contributed by atoms with Crippen LogP contribution in [0.25, 0.3) is 0 Å². The summed E-state index contributed by atoms with van der Waals surface area (Å²) in [7, 11) is -3.49. The molecule has 2 N–H and O–H groups in total. The van der Waals surface area contributed by atoms with E-state index < -0.39 is 10.0 Å². The van der Waals surface area contributed by atoms with Crippen molar-refractivity contribution in [1.29, 1.82) is 0 Å². The van der Waals surface area contributed by atoms with E-state index in [9.17, 15) is 8.42 Å². The molecule has 1 atom stereocenters. The first kappa shape index (κ1) is 15.5. The van der Waals surface area contributed by atoms with Crippen molar-refractivity contribution in [3.8, 4) is 0 Å². The van der Waals surface area contributed by atoms with Crippen molar-refractivity contribution in [1.82, 2.24) is 19.8 Å². The molecule has 2 heterocycles. The third-order valence-corrected chi connectivity index (χ3v) is 5.28. The molecule has 1 fully saturated rings. The summed E-state index contributed by atoms with van der Waals surface area (Å²) < 4.78 is 29.6. The van der Waals surface area contributed by atoms with E-state index in [-0.39, 0.29) is 6.04 Å². The molecule has 0 amide bonds. The average molecular weight is 300 g/mol. The minimum atomic E-state index is -3.49. The maximum atomic E-state index is 12.5. The first-order valence-electron chi connectivity index (χ1n) is 7.08. The van der Waals surface area contributed by atoms with Gasteiger partial charge in [0.15, 0.2) is 0 Å². The summed E-state index contributed by atoms with van der Waals surface area (Å²) in [5.41, 5.74) is 1.29. The van der Waals surface area contributed by atoms with Crippen molar-refractivity contribution in [3.63, 3.8) is 0 Å². The molecule has 0 spiro atoms. The number of nitrogens with one attached hydrogen (secondary N) is 2. The Bertz CT molecular complexity index is 571. The highest BCUT2D eigenvalue weighted by atomic mass is 32.2. The summed E-state index contributed by atoms with van der Waals surface area (Å²) in [6.45, 7) is 10.0. The Hall–Kier alpha value is -0.920. The topological polar surface area (TPSA) is 76.0 Å². The average Bonchev–Trinajstić information content (AvgIpc) is 2.87. The predicted octanol–water partition coefficient (Wildman–Crippen LogP) is 0.796. The molecule has 7 heteroatoms. The van der Waals surface area contributed by atoms with Crippen molar-refractivity contribution in [2.24, 2.45) is 5.92 Å². The number of nitrogens with zero attached hydrogens (tertiary/aromatic N) is 2. The van der Waals surface area contributed by atoms with Gasteiger partial charge in [-0.15, -0.1) is 0 Å². The molecule has 0 radical (unpaired) electrons. The fourth-order valence-corrected chi connectivity index (χ4v) is 4.31. The van der Waals surface area contributed by atoms with E-state index in [1.807, 2.05) is 6.92 Å². The minimum absolute atomic E-state index is 0.0211. The monoisotopic (exact) mass is 300 g/mol. The number of rotatable bonds is 5. The number of hydrogen-bond acceptors (Lipinski definition) is 4. The van der Waals surface area contributed by atoms with E-state index in [1.165, 1.54) is 0 Å². The molecule has 20 heavy (non-hydrogen) atoms. The zero-order valence-corrected chi connectivity index (χ0v) is 13.4. The summed E-state index contributed by atoms with van der Waals surface area (Å²) >= 11 is 0. The smallest absolute Gasteiger partial charge is 0.244 e. The Morgan fingerprint density at radius 2 is 2.15 bits per heavy atom. The van der Waals surface area contributed by atoms with Crippen molar-refractivity contribution in [3.05, 3.63) is 11.4 Å². The Kier molecular flexibility index (Phi) is 4.51. The molecule has 0 aromatic carbocycles. The third-order valence-electron chi connectivity index (χ3n) is 3.50. The molecular weight excluding hydrogens is 276 g/mol. The van der Waals surface area contributed by atoms with Crippen LogP contribution in [0.15, 0.2) is 4.90 Å². The molecule has 1 aromatic rings. The maximum Gasteiger partial charge on any atom is 0.244 e. The maximum absolute atomic E-state index is 12.5. The van der Waals surface area contributed by atoms with Crippen molar-refractivity contribution in [2.75, 3.05) is 13.1 Å². The van der Waals surface area contributed by atoms with Gasteiger partial charge in [-0.2, -0.15) is 5.10 Å². The van der Waals surface area contributed by atoms with Gasteiger partial charge in [0.2, 0.25) is 10.0 Å². The summed E-state index contributed by atoms with van der Waals surface area (Å²) in [6, 6.07) is -0.0211. The fraction of sp³-hybridized carbons (Fsp3) is 0.769. The summed E-state index contributed by atoms with van der Waals surface area (Å²) in [6.07, 6.45) is 0.831. The van der Waals surface area contributed by atoms with E-state index in [0.717, 1.165) is 25.2 Å². The van der Waals surface area contributed by atoms with Crippen LogP contribution in [0.5, 0.6) is 0 Å². The van der Waals surface area contributed by atoms with Crippen LogP contribution < -0.4 is 10.0 Å². The Labute approximate surface area is 121 Å². The Morgan fingerprint density at radius 1 is 1.45 bits per heavy atom. The second-order valence-electron chi connectivity index (χ2n) is 5.89. The van der Waals surface area contributed by atoms with Gasteiger partial charge in [-0.3, -0.25) is 4.68 Å². The number of hydrogen-bond donors (Lipinski definition) is 2. The van der Waals surface area contributed by atoms with Crippen molar-refractivity contribution < 1.29 is 8.42 Å². The largest absolute Gasteiger partial charge is 0.315 e. The molecule has 2 rings (SSSR count). The molecular formula is C13H24N4O2S. The van der Waals surface area contributed by atoms with Crippen LogP contribution in [0.4, 0.5) is 0 Å². The highest BCUT2D eigenvalue weighted by Gasteiger charge is 2.28. The molecule has 1 aromatic heterocycles. The summed E-state index contributed by atoms with van der Waals surface area (Å²) in [5.74, 6) is 0.426. The normalized spacial score (nSPS) is 19.9. The van der Waals surface area contributed by atoms with Crippen LogP contribution in [-0.4, -0.2) is 37.3 Å². The van der Waals surface area contributed by atoms with Crippen LogP contribution in [-0.2, 0) is 16.6 Å². The lowest BCUT2D eigenvalue weighted by Crippen LogP contribution is -2.36. The van der Waals surface area contributed by atoms with Gasteiger partial charge < -0.3 is 5.32 Å². The van der Waals surface area contributed by atoms with Gasteiger partial charge in [-0.05, 0) is 32.7 Å². The zero-order chi connectivity index (χ0) is 14.9. The van der Waals surface area contributed by atoms with E-state index >= 15 is 0 Å². The predicted molar refractivity (Wildman–Crippen MR) is 78.1 cm³/mol. The minimum Gasteiger partial charge on any atom is -0.315 e. The molecule has 1 unspecified atom stereocenters. The van der Waals surface area contributed by atoms with Crippen molar-refractivity contribution >= 4 is 10.0 Å². The van der Waals surface area contributed by atoms with E-state index in [0.29, 0.717) is 23.1 Å². The molecule has 114 valence electrons. The zero-order valence-electron chi connectivity index (χ0n) is 12.6. The number of sulfonamides is 1. The van der Waals surface area contributed by atoms with Crippen LogP contribution in [0.3, 0.4) is 0 Å². The Balaban J connectivity index is 2.28. The van der Waals surface area contributed by atoms with Gasteiger partial charge in [0.05, 0.1) is 11.4 Å². The lowest BCUT2D eigenvalue weighted by molar-refractivity contribution is 0.471. The fourth-order valence-electron chi connectivity index (χ4n) is 2.63. The molecule has 6 nitrogen and oxygen atoms in total. The second kappa shape index (κ2) is 5.83. The summed E-state index contributed by atoms with van der Waals surface area (Å²) in [4.78, 5) is 0.338. The SMILES string of the molecule is Cc1nn(CC(C)C)c(C)c1S(=O)(=O)NC1CCNC1.